The molecule has 0 unspecified atom stereocenters. The molecule has 6 nitrogen and oxygen atoms in total. The number of benzene rings is 1. The van der Waals surface area contributed by atoms with Crippen molar-refractivity contribution < 1.29 is 21.6 Å². The highest BCUT2D eigenvalue weighted by Gasteiger charge is 2.30. The van der Waals surface area contributed by atoms with E-state index in [0.717, 1.165) is 6.26 Å². The van der Waals surface area contributed by atoms with Crippen molar-refractivity contribution in [2.24, 2.45) is 0 Å². The Morgan fingerprint density at radius 1 is 1.14 bits per heavy atom. The molecule has 1 amide bonds. The van der Waals surface area contributed by atoms with Gasteiger partial charge in [0.15, 0.2) is 9.84 Å². The Hall–Kier alpha value is -1.12. The molecule has 0 aromatic heterocycles. The molecule has 0 bridgehead atoms. The van der Waals surface area contributed by atoms with Gasteiger partial charge in [0.05, 0.1) is 9.64 Å². The highest BCUT2D eigenvalue weighted by atomic mass is 35.7. The third kappa shape index (κ3) is 4.69. The van der Waals surface area contributed by atoms with Crippen LogP contribution in [0.4, 0.5) is 0 Å². The normalized spacial score (nSPS) is 13.0. The van der Waals surface area contributed by atoms with Gasteiger partial charge in [0.2, 0.25) is 0 Å². The summed E-state index contributed by atoms with van der Waals surface area (Å²) in [6.07, 6.45) is 1.10. The first kappa shape index (κ1) is 17.9. The first-order chi connectivity index (χ1) is 9.34. The van der Waals surface area contributed by atoms with E-state index >= 15 is 0 Å². The Morgan fingerprint density at radius 3 is 2.00 bits per heavy atom. The second-order valence-electron chi connectivity index (χ2n) is 5.18. The third-order valence-corrected chi connectivity index (χ3v) is 6.60. The van der Waals surface area contributed by atoms with E-state index in [1.807, 2.05) is 0 Å². The molecule has 0 saturated heterocycles. The van der Waals surface area contributed by atoms with Crippen molar-refractivity contribution in [3.8, 4) is 0 Å². The number of halogens is 1. The Balaban J connectivity index is 2.83. The van der Waals surface area contributed by atoms with Crippen molar-refractivity contribution >= 4 is 35.5 Å². The van der Waals surface area contributed by atoms with Crippen LogP contribution in [0.15, 0.2) is 29.2 Å². The maximum Gasteiger partial charge on any atom is 0.261 e. The van der Waals surface area contributed by atoms with Gasteiger partial charge in [-0.2, -0.15) is 0 Å². The van der Waals surface area contributed by atoms with E-state index in [2.05, 4.69) is 5.32 Å². The van der Waals surface area contributed by atoms with Crippen LogP contribution in [0.5, 0.6) is 0 Å². The van der Waals surface area contributed by atoms with Gasteiger partial charge in [-0.1, -0.05) is 0 Å². The molecule has 0 fully saturated rings. The monoisotopic (exact) mass is 353 g/mol. The van der Waals surface area contributed by atoms with E-state index in [1.54, 1.807) is 0 Å². The van der Waals surface area contributed by atoms with Gasteiger partial charge in [0.25, 0.3) is 15.0 Å². The zero-order valence-electron chi connectivity index (χ0n) is 11.8. The lowest BCUT2D eigenvalue weighted by Crippen LogP contribution is -2.43. The minimum Gasteiger partial charge on any atom is -0.350 e. The summed E-state index contributed by atoms with van der Waals surface area (Å²) in [5, 5.41) is 2.50. The number of carbonyl (C=O) groups excluding carboxylic acids is 1. The standard InChI is InChI=1S/C12H16ClNO5S2/c1-12(2,20(3,16)17)8-14-11(15)9-4-6-10(7-5-9)21(13,18)19/h4-7H,8H2,1-3H3,(H,14,15). The Morgan fingerprint density at radius 2 is 1.62 bits per heavy atom. The van der Waals surface area contributed by atoms with Crippen LogP contribution in [0.1, 0.15) is 24.2 Å². The molecule has 0 aliphatic rings. The lowest BCUT2D eigenvalue weighted by molar-refractivity contribution is 0.0950. The largest absolute Gasteiger partial charge is 0.350 e. The Bertz CT molecular complexity index is 736. The maximum atomic E-state index is 11.9. The molecule has 118 valence electrons. The predicted molar refractivity (Wildman–Crippen MR) is 80.7 cm³/mol. The van der Waals surface area contributed by atoms with Gasteiger partial charge in [-0.15, -0.1) is 0 Å². The predicted octanol–water partition coefficient (Wildman–Crippen LogP) is 1.17. The average molecular weight is 354 g/mol. The van der Waals surface area contributed by atoms with E-state index < -0.39 is 29.5 Å². The summed E-state index contributed by atoms with van der Waals surface area (Å²) in [5.41, 5.74) is 0.211. The zero-order chi connectivity index (χ0) is 16.5. The molecule has 0 saturated carbocycles. The van der Waals surface area contributed by atoms with Crippen LogP contribution in [0, 0.1) is 0 Å². The number of hydrogen-bond acceptors (Lipinski definition) is 5. The minimum atomic E-state index is -3.84. The summed E-state index contributed by atoms with van der Waals surface area (Å²) >= 11 is 0. The highest BCUT2D eigenvalue weighted by molar-refractivity contribution is 8.13. The van der Waals surface area contributed by atoms with Crippen molar-refractivity contribution in [1.82, 2.24) is 5.32 Å². The van der Waals surface area contributed by atoms with Gasteiger partial charge in [-0.05, 0) is 38.1 Å². The number of hydrogen-bond donors (Lipinski definition) is 1. The van der Waals surface area contributed by atoms with E-state index in [1.165, 1.54) is 38.1 Å². The fourth-order valence-electron chi connectivity index (χ4n) is 1.30. The van der Waals surface area contributed by atoms with Crippen molar-refractivity contribution in [1.29, 1.82) is 0 Å². The lowest BCUT2D eigenvalue weighted by atomic mass is 10.2. The van der Waals surface area contributed by atoms with Crippen molar-refractivity contribution in [2.75, 3.05) is 12.8 Å². The van der Waals surface area contributed by atoms with Crippen molar-refractivity contribution in [3.63, 3.8) is 0 Å². The van der Waals surface area contributed by atoms with Gasteiger partial charge >= 0.3 is 0 Å². The summed E-state index contributed by atoms with van der Waals surface area (Å²) in [5.74, 6) is -0.495. The molecular weight excluding hydrogens is 338 g/mol. The van der Waals surface area contributed by atoms with Crippen molar-refractivity contribution in [2.45, 2.75) is 23.5 Å². The minimum absolute atomic E-state index is 0.0553. The van der Waals surface area contributed by atoms with Gasteiger partial charge < -0.3 is 5.32 Å². The van der Waals surface area contributed by atoms with Crippen LogP contribution >= 0.6 is 10.7 Å². The summed E-state index contributed by atoms with van der Waals surface area (Å²) in [7, 11) is -1.99. The Kier molecular flexibility index (Phi) is 5.07. The number of carbonyl (C=O) groups is 1. The van der Waals surface area contributed by atoms with Gasteiger partial charge in [0, 0.05) is 29.0 Å². The number of sulfone groups is 1. The molecule has 0 heterocycles. The molecule has 21 heavy (non-hydrogen) atoms. The van der Waals surface area contributed by atoms with Crippen LogP contribution in [0.3, 0.4) is 0 Å². The molecule has 1 aromatic carbocycles. The summed E-state index contributed by atoms with van der Waals surface area (Å²) < 4.78 is 44.1. The van der Waals surface area contributed by atoms with E-state index in [9.17, 15) is 21.6 Å². The SMILES string of the molecule is CC(C)(CNC(=O)c1ccc(S(=O)(=O)Cl)cc1)S(C)(=O)=O. The number of amides is 1. The first-order valence-electron chi connectivity index (χ1n) is 5.87. The number of rotatable bonds is 5. The summed E-state index contributed by atoms with van der Waals surface area (Å²) in [4.78, 5) is 11.8. The molecule has 0 spiro atoms. The quantitative estimate of drug-likeness (QED) is 0.801. The van der Waals surface area contributed by atoms with Gasteiger partial charge in [-0.25, -0.2) is 16.8 Å². The fourth-order valence-corrected chi connectivity index (χ4v) is 2.40. The topological polar surface area (TPSA) is 97.4 Å². The van der Waals surface area contributed by atoms with E-state index in [-0.39, 0.29) is 17.0 Å². The molecule has 1 rings (SSSR count). The average Bonchev–Trinajstić information content (AvgIpc) is 2.34. The molecule has 1 aromatic rings. The molecular formula is C12H16ClNO5S2. The zero-order valence-corrected chi connectivity index (χ0v) is 14.1. The fraction of sp³-hybridized carbons (Fsp3) is 0.417. The first-order valence-corrected chi connectivity index (χ1v) is 10.1. The third-order valence-electron chi connectivity index (χ3n) is 3.08. The van der Waals surface area contributed by atoms with Crippen LogP contribution in [-0.2, 0) is 18.9 Å². The lowest BCUT2D eigenvalue weighted by Gasteiger charge is -2.22. The Labute approximate surface area is 128 Å². The van der Waals surface area contributed by atoms with Gasteiger partial charge in [0.1, 0.15) is 0 Å². The molecule has 9 heteroatoms. The summed E-state index contributed by atoms with van der Waals surface area (Å²) in [6.45, 7) is 2.96. The smallest absolute Gasteiger partial charge is 0.261 e. The second-order valence-corrected chi connectivity index (χ2v) is 10.4. The molecule has 1 N–H and O–H groups in total. The molecule has 0 aliphatic heterocycles. The molecule has 0 atom stereocenters. The second kappa shape index (κ2) is 5.94. The van der Waals surface area contributed by atoms with Crippen LogP contribution in [-0.4, -0.2) is 40.3 Å². The van der Waals surface area contributed by atoms with Crippen LogP contribution in [0.25, 0.3) is 0 Å². The van der Waals surface area contributed by atoms with E-state index in [0.29, 0.717) is 0 Å². The highest BCUT2D eigenvalue weighted by Crippen LogP contribution is 2.16. The van der Waals surface area contributed by atoms with Crippen LogP contribution in [0.2, 0.25) is 0 Å². The molecule has 0 radical (unpaired) electrons. The van der Waals surface area contributed by atoms with Crippen molar-refractivity contribution in [3.05, 3.63) is 29.8 Å². The van der Waals surface area contributed by atoms with Gasteiger partial charge in [-0.3, -0.25) is 4.79 Å². The number of nitrogens with one attached hydrogen (secondary N) is 1. The van der Waals surface area contributed by atoms with E-state index in [4.69, 9.17) is 10.7 Å². The summed E-state index contributed by atoms with van der Waals surface area (Å²) in [6, 6.07) is 5.02. The maximum absolute atomic E-state index is 11.9. The molecule has 0 aliphatic carbocycles. The van der Waals surface area contributed by atoms with Crippen LogP contribution < -0.4 is 5.32 Å².